The van der Waals surface area contributed by atoms with Gasteiger partial charge in [-0.2, -0.15) is 17.5 Å². The number of amidine groups is 1. The number of amides is 2. The molecule has 2 aromatic carbocycles. The maximum atomic E-state index is 13.7. The third-order valence-electron chi connectivity index (χ3n) is 8.29. The van der Waals surface area contributed by atoms with Crippen LogP contribution < -0.4 is 5.32 Å². The first-order valence-electron chi connectivity index (χ1n) is 14.0. The van der Waals surface area contributed by atoms with E-state index in [0.717, 1.165) is 11.5 Å². The van der Waals surface area contributed by atoms with E-state index in [4.69, 9.17) is 0 Å². The van der Waals surface area contributed by atoms with Crippen LogP contribution >= 0.6 is 0 Å². The molecule has 3 aliphatic rings. The first-order valence-corrected chi connectivity index (χ1v) is 15.5. The number of aliphatic imine (C=N–C) groups is 1. The van der Waals surface area contributed by atoms with Crippen LogP contribution in [0.25, 0.3) is 6.08 Å². The summed E-state index contributed by atoms with van der Waals surface area (Å²) in [6, 6.07) is 5.72. The highest BCUT2D eigenvalue weighted by Gasteiger charge is 2.47. The molecular formula is C30H30F4N4O5S. The molecule has 14 heteroatoms. The summed E-state index contributed by atoms with van der Waals surface area (Å²) in [6.45, 7) is 4.16. The lowest BCUT2D eigenvalue weighted by Crippen LogP contribution is -2.50. The standard InChI is InChI=1S/C30H30F4N4O5S/c1-18-15-21(27(40)37-10-5-22(39)6-11-37)16-19(2)23(18)7-14-44(42,43)38-12-8-29(9-13-38)28(41)35-26(36-29)20-3-4-25(31)24(17-20)30(32,33)34/h3-4,7,14-17H,5-6,8-13H2,1-2H3,(H,35,36,41)/b14-7+. The van der Waals surface area contributed by atoms with Gasteiger partial charge in [-0.15, -0.1) is 0 Å². The highest BCUT2D eigenvalue weighted by Crippen LogP contribution is 2.35. The molecule has 2 amide bonds. The Morgan fingerprint density at radius 2 is 1.61 bits per heavy atom. The quantitative estimate of drug-likeness (QED) is 0.500. The van der Waals surface area contributed by atoms with Crippen LogP contribution in [0, 0.1) is 19.7 Å². The zero-order valence-corrected chi connectivity index (χ0v) is 24.8. The van der Waals surface area contributed by atoms with Crippen molar-refractivity contribution in [2.24, 2.45) is 4.99 Å². The normalized spacial score (nSPS) is 19.5. The minimum Gasteiger partial charge on any atom is -0.338 e. The van der Waals surface area contributed by atoms with Crippen LogP contribution in [-0.2, 0) is 25.8 Å². The second kappa shape index (κ2) is 11.5. The van der Waals surface area contributed by atoms with Gasteiger partial charge in [0.2, 0.25) is 10.0 Å². The molecule has 0 aromatic heterocycles. The number of rotatable bonds is 5. The van der Waals surface area contributed by atoms with Crippen molar-refractivity contribution in [1.82, 2.24) is 14.5 Å². The van der Waals surface area contributed by atoms with Crippen LogP contribution in [0.1, 0.15) is 63.9 Å². The molecule has 0 unspecified atom stereocenters. The lowest BCUT2D eigenvalue weighted by atomic mass is 9.89. The Kier molecular flexibility index (Phi) is 8.27. The average Bonchev–Trinajstić information content (AvgIpc) is 3.27. The van der Waals surface area contributed by atoms with E-state index in [9.17, 15) is 40.4 Å². The number of alkyl halides is 3. The van der Waals surface area contributed by atoms with Crippen molar-refractivity contribution in [3.8, 4) is 0 Å². The molecule has 2 fully saturated rings. The van der Waals surface area contributed by atoms with Gasteiger partial charge in [-0.25, -0.2) is 12.8 Å². The number of carbonyl (C=O) groups is 3. The number of nitrogens with one attached hydrogen (secondary N) is 1. The predicted octanol–water partition coefficient (Wildman–Crippen LogP) is 3.98. The van der Waals surface area contributed by atoms with Crippen LogP contribution in [-0.4, -0.2) is 72.8 Å². The van der Waals surface area contributed by atoms with Gasteiger partial charge in [0.1, 0.15) is 23.0 Å². The first kappa shape index (κ1) is 31.5. The van der Waals surface area contributed by atoms with E-state index in [1.54, 1.807) is 30.9 Å². The summed E-state index contributed by atoms with van der Waals surface area (Å²) in [7, 11) is -3.92. The smallest absolute Gasteiger partial charge is 0.338 e. The molecule has 1 N–H and O–H groups in total. The number of hydrogen-bond acceptors (Lipinski definition) is 6. The number of aryl methyl sites for hydroxylation is 2. The molecule has 1 spiro atoms. The van der Waals surface area contributed by atoms with E-state index in [2.05, 4.69) is 10.3 Å². The van der Waals surface area contributed by atoms with Crippen molar-refractivity contribution in [3.63, 3.8) is 0 Å². The van der Waals surface area contributed by atoms with Crippen molar-refractivity contribution >= 4 is 39.5 Å². The zero-order chi connectivity index (χ0) is 32.0. The minimum atomic E-state index is -4.93. The van der Waals surface area contributed by atoms with Gasteiger partial charge in [0, 0.05) is 55.6 Å². The van der Waals surface area contributed by atoms with E-state index in [-0.39, 0.29) is 49.0 Å². The van der Waals surface area contributed by atoms with Gasteiger partial charge in [0.05, 0.1) is 5.56 Å². The summed E-state index contributed by atoms with van der Waals surface area (Å²) in [5.41, 5.74) is -0.447. The SMILES string of the molecule is Cc1cc(C(=O)N2CCC(=O)CC2)cc(C)c1/C=C/S(=O)(=O)N1CCC2(CC1)N=C(c1ccc(F)c(C(F)(F)F)c1)NC2=O. The largest absolute Gasteiger partial charge is 0.419 e. The number of benzene rings is 2. The zero-order valence-electron chi connectivity index (χ0n) is 24.0. The molecule has 0 atom stereocenters. The van der Waals surface area contributed by atoms with Gasteiger partial charge in [0.15, 0.2) is 0 Å². The maximum absolute atomic E-state index is 13.7. The second-order valence-electron chi connectivity index (χ2n) is 11.2. The number of ketones is 1. The summed E-state index contributed by atoms with van der Waals surface area (Å²) in [5, 5.41) is 3.54. The third kappa shape index (κ3) is 6.18. The van der Waals surface area contributed by atoms with E-state index >= 15 is 0 Å². The number of nitrogens with zero attached hydrogens (tertiary/aromatic N) is 3. The fraction of sp³-hybridized carbons (Fsp3) is 0.400. The van der Waals surface area contributed by atoms with Gasteiger partial charge in [0.25, 0.3) is 11.8 Å². The van der Waals surface area contributed by atoms with Gasteiger partial charge in [-0.3, -0.25) is 19.4 Å². The van der Waals surface area contributed by atoms with Gasteiger partial charge < -0.3 is 10.2 Å². The molecule has 5 rings (SSSR count). The molecule has 0 saturated carbocycles. The van der Waals surface area contributed by atoms with Crippen LogP contribution in [0.4, 0.5) is 17.6 Å². The number of likely N-dealkylation sites (tertiary alicyclic amines) is 1. The number of sulfonamides is 1. The van der Waals surface area contributed by atoms with Crippen molar-refractivity contribution in [1.29, 1.82) is 0 Å². The van der Waals surface area contributed by atoms with E-state index < -0.39 is 39.0 Å². The van der Waals surface area contributed by atoms with Crippen LogP contribution in [0.5, 0.6) is 0 Å². The molecule has 3 aliphatic heterocycles. The highest BCUT2D eigenvalue weighted by atomic mass is 32.2. The fourth-order valence-electron chi connectivity index (χ4n) is 5.74. The molecule has 3 heterocycles. The van der Waals surface area contributed by atoms with E-state index in [1.807, 2.05) is 0 Å². The topological polar surface area (TPSA) is 116 Å². The van der Waals surface area contributed by atoms with Crippen molar-refractivity contribution < 1.29 is 40.4 Å². The molecule has 44 heavy (non-hydrogen) atoms. The van der Waals surface area contributed by atoms with Crippen LogP contribution in [0.2, 0.25) is 0 Å². The molecule has 9 nitrogen and oxygen atoms in total. The Labute approximate surface area is 251 Å². The lowest BCUT2D eigenvalue weighted by molar-refractivity contribution is -0.140. The van der Waals surface area contributed by atoms with Crippen LogP contribution in [0.3, 0.4) is 0 Å². The number of hydrogen-bond donors (Lipinski definition) is 1. The second-order valence-corrected chi connectivity index (χ2v) is 13.1. The molecule has 0 aliphatic carbocycles. The first-order chi connectivity index (χ1) is 20.6. The monoisotopic (exact) mass is 634 g/mol. The summed E-state index contributed by atoms with van der Waals surface area (Å²) < 4.78 is 80.9. The summed E-state index contributed by atoms with van der Waals surface area (Å²) in [6.07, 6.45) is -2.81. The number of Topliss-reactive ketones (excluding diaryl/α,β-unsaturated/α-hetero) is 1. The molecule has 0 bridgehead atoms. The highest BCUT2D eigenvalue weighted by molar-refractivity contribution is 7.92. The molecule has 2 aromatic rings. The summed E-state index contributed by atoms with van der Waals surface area (Å²) in [5.74, 6) is -2.19. The summed E-state index contributed by atoms with van der Waals surface area (Å²) >= 11 is 0. The van der Waals surface area contributed by atoms with Gasteiger partial charge >= 0.3 is 6.18 Å². The fourth-order valence-corrected chi connectivity index (χ4v) is 6.91. The third-order valence-corrected chi connectivity index (χ3v) is 9.86. The van der Waals surface area contributed by atoms with Gasteiger partial charge in [-0.1, -0.05) is 0 Å². The number of piperidine rings is 2. The Balaban J connectivity index is 1.28. The van der Waals surface area contributed by atoms with Crippen molar-refractivity contribution in [2.45, 2.75) is 51.2 Å². The van der Waals surface area contributed by atoms with Crippen LogP contribution in [0.15, 0.2) is 40.7 Å². The molecule has 0 radical (unpaired) electrons. The predicted molar refractivity (Wildman–Crippen MR) is 154 cm³/mol. The Morgan fingerprint density at radius 3 is 2.20 bits per heavy atom. The van der Waals surface area contributed by atoms with Crippen molar-refractivity contribution in [2.75, 3.05) is 26.2 Å². The minimum absolute atomic E-state index is 0.000310. The lowest BCUT2D eigenvalue weighted by Gasteiger charge is -2.34. The maximum Gasteiger partial charge on any atom is 0.419 e. The van der Waals surface area contributed by atoms with E-state index in [0.29, 0.717) is 60.3 Å². The average molecular weight is 635 g/mol. The van der Waals surface area contributed by atoms with E-state index in [1.165, 1.54) is 10.4 Å². The number of halogens is 4. The Morgan fingerprint density at radius 1 is 1.00 bits per heavy atom. The Bertz CT molecular complexity index is 1680. The van der Waals surface area contributed by atoms with Gasteiger partial charge in [-0.05, 0) is 79.8 Å². The Hall–Kier alpha value is -3.91. The number of carbonyl (C=O) groups excluding carboxylic acids is 3. The molecule has 2 saturated heterocycles. The van der Waals surface area contributed by atoms with Crippen molar-refractivity contribution in [3.05, 3.63) is 74.9 Å². The molecular weight excluding hydrogens is 604 g/mol. The summed E-state index contributed by atoms with van der Waals surface area (Å²) in [4.78, 5) is 43.3. The molecule has 234 valence electrons.